The fraction of sp³-hybridized carbons (Fsp3) is 0.350. The van der Waals surface area contributed by atoms with Gasteiger partial charge in [-0.05, 0) is 61.2 Å². The zero-order valence-corrected chi connectivity index (χ0v) is 14.1. The van der Waals surface area contributed by atoms with E-state index in [1.165, 1.54) is 0 Å². The molecular weight excluding hydrogens is 341 g/mol. The van der Waals surface area contributed by atoms with Crippen LogP contribution in [0, 0.1) is 17.5 Å². The first-order valence-electron chi connectivity index (χ1n) is 8.83. The van der Waals surface area contributed by atoms with Gasteiger partial charge in [0.25, 0.3) is 5.91 Å². The molecule has 2 fully saturated rings. The number of halogens is 3. The van der Waals surface area contributed by atoms with Crippen LogP contribution in [-0.4, -0.2) is 36.0 Å². The van der Waals surface area contributed by atoms with Crippen molar-refractivity contribution in [1.82, 2.24) is 10.2 Å². The van der Waals surface area contributed by atoms with E-state index in [-0.39, 0.29) is 23.6 Å². The molecule has 1 N–H and O–H groups in total. The van der Waals surface area contributed by atoms with Crippen LogP contribution < -0.4 is 5.32 Å². The summed E-state index contributed by atoms with van der Waals surface area (Å²) in [6, 6.07) is 8.99. The predicted molar refractivity (Wildman–Crippen MR) is 92.2 cm³/mol. The van der Waals surface area contributed by atoms with E-state index in [4.69, 9.17) is 0 Å². The molecule has 0 spiro atoms. The van der Waals surface area contributed by atoms with Gasteiger partial charge in [0, 0.05) is 24.2 Å². The zero-order valence-electron chi connectivity index (χ0n) is 14.1. The number of rotatable bonds is 2. The summed E-state index contributed by atoms with van der Waals surface area (Å²) in [6.45, 7) is 1.74. The highest BCUT2D eigenvalue weighted by atomic mass is 19.2. The second-order valence-corrected chi connectivity index (χ2v) is 6.92. The molecule has 136 valence electrons. The van der Waals surface area contributed by atoms with Gasteiger partial charge in [-0.15, -0.1) is 0 Å². The van der Waals surface area contributed by atoms with Gasteiger partial charge in [0.1, 0.15) is 0 Å². The van der Waals surface area contributed by atoms with Crippen LogP contribution in [-0.2, 0) is 0 Å². The smallest absolute Gasteiger partial charge is 0.254 e. The van der Waals surface area contributed by atoms with Gasteiger partial charge < -0.3 is 10.2 Å². The lowest BCUT2D eigenvalue weighted by molar-refractivity contribution is 0.0680. The number of hydrogen-bond acceptors (Lipinski definition) is 2. The summed E-state index contributed by atoms with van der Waals surface area (Å²) >= 11 is 0. The Balaban J connectivity index is 1.59. The first-order valence-corrected chi connectivity index (χ1v) is 8.83. The van der Waals surface area contributed by atoms with Crippen molar-refractivity contribution < 1.29 is 18.0 Å². The Labute approximate surface area is 149 Å². The molecule has 2 aliphatic heterocycles. The van der Waals surface area contributed by atoms with Crippen LogP contribution in [0.1, 0.15) is 29.6 Å². The first kappa shape index (κ1) is 17.1. The number of fused-ring (bicyclic) bond motifs is 2. The molecule has 6 heteroatoms. The monoisotopic (exact) mass is 360 g/mol. The van der Waals surface area contributed by atoms with Crippen molar-refractivity contribution in [1.29, 1.82) is 0 Å². The number of nitrogens with one attached hydrogen (secondary N) is 1. The van der Waals surface area contributed by atoms with Crippen LogP contribution in [0.4, 0.5) is 13.2 Å². The second-order valence-electron chi connectivity index (χ2n) is 6.92. The predicted octanol–water partition coefficient (Wildman–Crippen LogP) is 3.74. The van der Waals surface area contributed by atoms with Gasteiger partial charge in [-0.3, -0.25) is 4.79 Å². The van der Waals surface area contributed by atoms with Crippen LogP contribution in [0.15, 0.2) is 36.4 Å². The lowest BCUT2D eigenvalue weighted by atomic mass is 10.0. The minimum Gasteiger partial charge on any atom is -0.331 e. The SMILES string of the molecule is O=C(c1ccc(-c2cc(F)c(F)c(F)c2)cc1)N1C2CCNCC1CC2. The van der Waals surface area contributed by atoms with E-state index in [1.54, 1.807) is 24.3 Å². The molecule has 2 bridgehead atoms. The Morgan fingerprint density at radius 1 is 0.923 bits per heavy atom. The summed E-state index contributed by atoms with van der Waals surface area (Å²) in [4.78, 5) is 14.9. The van der Waals surface area contributed by atoms with Gasteiger partial charge in [-0.2, -0.15) is 0 Å². The van der Waals surface area contributed by atoms with Gasteiger partial charge >= 0.3 is 0 Å². The van der Waals surface area contributed by atoms with Crippen molar-refractivity contribution in [2.75, 3.05) is 13.1 Å². The van der Waals surface area contributed by atoms with E-state index >= 15 is 0 Å². The van der Waals surface area contributed by atoms with Crippen LogP contribution in [0.2, 0.25) is 0 Å². The fourth-order valence-electron chi connectivity index (χ4n) is 3.99. The molecule has 2 aromatic rings. The third-order valence-corrected chi connectivity index (χ3v) is 5.34. The first-order chi connectivity index (χ1) is 12.5. The molecule has 0 aliphatic carbocycles. The Morgan fingerprint density at radius 3 is 2.27 bits per heavy atom. The molecule has 2 unspecified atom stereocenters. The maximum Gasteiger partial charge on any atom is 0.254 e. The molecule has 1 amide bonds. The molecule has 3 nitrogen and oxygen atoms in total. The molecule has 0 radical (unpaired) electrons. The standard InChI is InChI=1S/C20H19F3N2O/c21-17-9-14(10-18(22)19(17)23)12-1-3-13(4-2-12)20(26)25-15-5-6-16(25)11-24-8-7-15/h1-4,9-10,15-16,24H,5-8,11H2. The van der Waals surface area contributed by atoms with Gasteiger partial charge in [-0.1, -0.05) is 12.1 Å². The van der Waals surface area contributed by atoms with E-state index in [0.717, 1.165) is 44.5 Å². The summed E-state index contributed by atoms with van der Waals surface area (Å²) in [7, 11) is 0. The number of carbonyl (C=O) groups excluding carboxylic acids is 1. The van der Waals surface area contributed by atoms with Crippen LogP contribution in [0.3, 0.4) is 0 Å². The van der Waals surface area contributed by atoms with Gasteiger partial charge in [0.2, 0.25) is 0 Å². The van der Waals surface area contributed by atoms with Crippen molar-refractivity contribution >= 4 is 5.91 Å². The largest absolute Gasteiger partial charge is 0.331 e. The summed E-state index contributed by atoms with van der Waals surface area (Å²) in [5.41, 5.74) is 1.31. The van der Waals surface area contributed by atoms with E-state index in [0.29, 0.717) is 11.1 Å². The van der Waals surface area contributed by atoms with Crippen molar-refractivity contribution in [2.24, 2.45) is 0 Å². The maximum absolute atomic E-state index is 13.4. The lowest BCUT2D eigenvalue weighted by Crippen LogP contribution is -2.42. The van der Waals surface area contributed by atoms with Crippen molar-refractivity contribution in [3.8, 4) is 11.1 Å². The zero-order chi connectivity index (χ0) is 18.3. The number of benzene rings is 2. The Kier molecular flexibility index (Phi) is 4.44. The highest BCUT2D eigenvalue weighted by Gasteiger charge is 2.38. The molecule has 0 aromatic heterocycles. The Hall–Kier alpha value is -2.34. The Morgan fingerprint density at radius 2 is 1.58 bits per heavy atom. The summed E-state index contributed by atoms with van der Waals surface area (Å²) in [6.07, 6.45) is 2.99. The molecular formula is C20H19F3N2O. The minimum absolute atomic E-state index is 0.00998. The molecule has 26 heavy (non-hydrogen) atoms. The number of carbonyl (C=O) groups is 1. The number of hydrogen-bond donors (Lipinski definition) is 1. The van der Waals surface area contributed by atoms with Crippen LogP contribution in [0.25, 0.3) is 11.1 Å². The molecule has 2 aromatic carbocycles. The molecule has 2 heterocycles. The highest BCUT2D eigenvalue weighted by molar-refractivity contribution is 5.95. The third-order valence-electron chi connectivity index (χ3n) is 5.34. The quantitative estimate of drug-likeness (QED) is 0.828. The van der Waals surface area contributed by atoms with Crippen molar-refractivity contribution in [3.05, 3.63) is 59.4 Å². The molecule has 2 atom stereocenters. The summed E-state index contributed by atoms with van der Waals surface area (Å²) in [5, 5.41) is 3.37. The average molecular weight is 360 g/mol. The lowest BCUT2D eigenvalue weighted by Gasteiger charge is -2.28. The van der Waals surface area contributed by atoms with E-state index in [9.17, 15) is 18.0 Å². The molecule has 0 saturated carbocycles. The van der Waals surface area contributed by atoms with Crippen molar-refractivity contribution in [3.63, 3.8) is 0 Å². The fourth-order valence-corrected chi connectivity index (χ4v) is 3.99. The summed E-state index contributed by atoms with van der Waals surface area (Å²) in [5.74, 6) is -3.95. The Bertz CT molecular complexity index is 800. The average Bonchev–Trinajstić information content (AvgIpc) is 2.91. The van der Waals surface area contributed by atoms with Crippen LogP contribution in [0.5, 0.6) is 0 Å². The molecule has 2 aliphatic rings. The van der Waals surface area contributed by atoms with Gasteiger partial charge in [0.05, 0.1) is 0 Å². The third kappa shape index (κ3) is 2.98. The number of amides is 1. The molecule has 4 rings (SSSR count). The second kappa shape index (κ2) is 6.76. The van der Waals surface area contributed by atoms with Crippen molar-refractivity contribution in [2.45, 2.75) is 31.3 Å². The van der Waals surface area contributed by atoms with E-state index in [1.807, 2.05) is 4.90 Å². The van der Waals surface area contributed by atoms with Gasteiger partial charge in [-0.25, -0.2) is 13.2 Å². The van der Waals surface area contributed by atoms with E-state index in [2.05, 4.69) is 5.32 Å². The maximum atomic E-state index is 13.4. The topological polar surface area (TPSA) is 32.3 Å². The summed E-state index contributed by atoms with van der Waals surface area (Å²) < 4.78 is 40.0. The van der Waals surface area contributed by atoms with Gasteiger partial charge in [0.15, 0.2) is 17.5 Å². The number of nitrogens with zero attached hydrogens (tertiary/aromatic N) is 1. The molecule has 2 saturated heterocycles. The van der Waals surface area contributed by atoms with E-state index < -0.39 is 17.5 Å². The highest BCUT2D eigenvalue weighted by Crippen LogP contribution is 2.30. The normalized spacial score (nSPS) is 22.3. The minimum atomic E-state index is -1.48. The van der Waals surface area contributed by atoms with Crippen LogP contribution >= 0.6 is 0 Å².